The van der Waals surface area contributed by atoms with E-state index in [0.29, 0.717) is 6.67 Å². The molecule has 1 aromatic rings. The van der Waals surface area contributed by atoms with E-state index in [1.165, 1.54) is 0 Å². The second-order valence-electron chi connectivity index (χ2n) is 3.67. The summed E-state index contributed by atoms with van der Waals surface area (Å²) in [6.07, 6.45) is 0. The number of anilines is 2. The summed E-state index contributed by atoms with van der Waals surface area (Å²) in [5, 5.41) is 9.10. The lowest BCUT2D eigenvalue weighted by atomic mass is 10.2. The number of hydrogen-bond acceptors (Lipinski definition) is 4. The Labute approximate surface area is 99.2 Å². The van der Waals surface area contributed by atoms with Crippen LogP contribution in [0.1, 0.15) is 6.92 Å². The van der Waals surface area contributed by atoms with Gasteiger partial charge in [0, 0.05) is 10.6 Å². The second kappa shape index (κ2) is 4.76. The lowest BCUT2D eigenvalue weighted by Crippen LogP contribution is -2.26. The van der Waals surface area contributed by atoms with E-state index in [1.54, 1.807) is 11.8 Å². The Kier molecular flexibility index (Phi) is 3.36. The van der Waals surface area contributed by atoms with Crippen molar-refractivity contribution in [1.29, 1.82) is 0 Å². The van der Waals surface area contributed by atoms with Crippen molar-refractivity contribution in [2.45, 2.75) is 17.1 Å². The molecular formula is C11H15N3OS. The van der Waals surface area contributed by atoms with Crippen LogP contribution in [-0.4, -0.2) is 24.9 Å². The van der Waals surface area contributed by atoms with Crippen LogP contribution in [0, 0.1) is 0 Å². The summed E-state index contributed by atoms with van der Waals surface area (Å²) < 4.78 is 0. The molecule has 0 fully saturated rings. The molecule has 0 spiro atoms. The lowest BCUT2D eigenvalue weighted by molar-refractivity contribution is -0.115. The molecule has 1 amide bonds. The van der Waals surface area contributed by atoms with Gasteiger partial charge in [-0.2, -0.15) is 0 Å². The quantitative estimate of drug-likeness (QED) is 0.701. The van der Waals surface area contributed by atoms with Gasteiger partial charge in [-0.05, 0) is 32.2 Å². The first kappa shape index (κ1) is 11.3. The summed E-state index contributed by atoms with van der Waals surface area (Å²) in [7, 11) is 1.88. The molecule has 2 rings (SSSR count). The predicted molar refractivity (Wildman–Crippen MR) is 67.9 cm³/mol. The van der Waals surface area contributed by atoms with Crippen LogP contribution in [0.15, 0.2) is 23.1 Å². The van der Waals surface area contributed by atoms with Crippen LogP contribution in [0.2, 0.25) is 0 Å². The van der Waals surface area contributed by atoms with Crippen LogP contribution in [-0.2, 0) is 4.79 Å². The van der Waals surface area contributed by atoms with Crippen molar-refractivity contribution < 1.29 is 4.79 Å². The van der Waals surface area contributed by atoms with Crippen molar-refractivity contribution in [3.63, 3.8) is 0 Å². The van der Waals surface area contributed by atoms with E-state index in [4.69, 9.17) is 0 Å². The number of rotatable bonds is 3. The minimum absolute atomic E-state index is 0.0105. The van der Waals surface area contributed by atoms with Crippen molar-refractivity contribution in [2.75, 3.05) is 24.3 Å². The summed E-state index contributed by atoms with van der Waals surface area (Å²) in [5.41, 5.74) is 1.90. The zero-order valence-corrected chi connectivity index (χ0v) is 10.1. The average Bonchev–Trinajstić information content (AvgIpc) is 2.28. The molecule has 16 heavy (non-hydrogen) atoms. The molecular weight excluding hydrogens is 222 g/mol. The molecule has 1 atom stereocenters. The summed E-state index contributed by atoms with van der Waals surface area (Å²) in [6, 6.07) is 6.02. The summed E-state index contributed by atoms with van der Waals surface area (Å²) in [6.45, 7) is 2.62. The molecule has 1 aliphatic heterocycles. The van der Waals surface area contributed by atoms with E-state index in [1.807, 2.05) is 32.2 Å². The minimum atomic E-state index is -0.0105. The van der Waals surface area contributed by atoms with Crippen molar-refractivity contribution in [3.05, 3.63) is 18.2 Å². The smallest absolute Gasteiger partial charge is 0.237 e. The number of carbonyl (C=O) groups excluding carboxylic acids is 1. The van der Waals surface area contributed by atoms with Crippen molar-refractivity contribution in [3.8, 4) is 0 Å². The lowest BCUT2D eigenvalue weighted by Gasteiger charge is -2.22. The van der Waals surface area contributed by atoms with Crippen LogP contribution in [0.5, 0.6) is 0 Å². The van der Waals surface area contributed by atoms with E-state index < -0.39 is 0 Å². The number of nitrogens with one attached hydrogen (secondary N) is 3. The molecule has 86 valence electrons. The van der Waals surface area contributed by atoms with Crippen LogP contribution in [0.3, 0.4) is 0 Å². The standard InChI is InChI=1S/C11H15N3OS/c1-7-11(15)14-9-5-8(13-6-12-2)3-4-10(9)16-7/h3-5,7,12-13H,6H2,1-2H3,(H,14,15). The number of hydrogen-bond donors (Lipinski definition) is 3. The highest BCUT2D eigenvalue weighted by Gasteiger charge is 2.22. The van der Waals surface area contributed by atoms with Crippen LogP contribution in [0.25, 0.3) is 0 Å². The van der Waals surface area contributed by atoms with Gasteiger partial charge in [0.05, 0.1) is 17.6 Å². The molecule has 0 aliphatic carbocycles. The maximum atomic E-state index is 11.5. The Bertz CT molecular complexity index is 408. The van der Waals surface area contributed by atoms with Gasteiger partial charge in [-0.1, -0.05) is 0 Å². The Morgan fingerprint density at radius 3 is 3.06 bits per heavy atom. The number of benzene rings is 1. The number of thioether (sulfide) groups is 1. The first-order valence-electron chi connectivity index (χ1n) is 5.21. The number of amides is 1. The van der Waals surface area contributed by atoms with E-state index in [2.05, 4.69) is 16.0 Å². The Morgan fingerprint density at radius 2 is 2.31 bits per heavy atom. The molecule has 0 saturated heterocycles. The monoisotopic (exact) mass is 237 g/mol. The third kappa shape index (κ3) is 2.31. The Hall–Kier alpha value is -1.20. The van der Waals surface area contributed by atoms with Gasteiger partial charge < -0.3 is 16.0 Å². The van der Waals surface area contributed by atoms with Gasteiger partial charge in [-0.15, -0.1) is 11.8 Å². The van der Waals surface area contributed by atoms with Crippen molar-refractivity contribution in [2.24, 2.45) is 0 Å². The van der Waals surface area contributed by atoms with Crippen LogP contribution < -0.4 is 16.0 Å². The molecule has 1 aromatic carbocycles. The maximum absolute atomic E-state index is 11.5. The molecule has 5 heteroatoms. The zero-order valence-electron chi connectivity index (χ0n) is 9.33. The molecule has 1 heterocycles. The van der Waals surface area contributed by atoms with E-state index in [-0.39, 0.29) is 11.2 Å². The highest BCUT2D eigenvalue weighted by molar-refractivity contribution is 8.00. The molecule has 3 N–H and O–H groups in total. The normalized spacial score (nSPS) is 18.9. The first-order chi connectivity index (χ1) is 7.70. The summed E-state index contributed by atoms with van der Waals surface area (Å²) in [5.74, 6) is 0.0725. The van der Waals surface area contributed by atoms with Gasteiger partial charge in [0.1, 0.15) is 0 Å². The van der Waals surface area contributed by atoms with E-state index in [0.717, 1.165) is 16.3 Å². The first-order valence-corrected chi connectivity index (χ1v) is 6.08. The van der Waals surface area contributed by atoms with Gasteiger partial charge in [0.2, 0.25) is 5.91 Å². The van der Waals surface area contributed by atoms with Gasteiger partial charge >= 0.3 is 0 Å². The zero-order chi connectivity index (χ0) is 11.5. The fourth-order valence-electron chi connectivity index (χ4n) is 1.51. The summed E-state index contributed by atoms with van der Waals surface area (Å²) in [4.78, 5) is 12.6. The minimum Gasteiger partial charge on any atom is -0.372 e. The highest BCUT2D eigenvalue weighted by Crippen LogP contribution is 2.36. The maximum Gasteiger partial charge on any atom is 0.237 e. The molecule has 4 nitrogen and oxygen atoms in total. The SMILES string of the molecule is CNCNc1ccc2c(c1)NC(=O)C(C)S2. The second-order valence-corrected chi connectivity index (χ2v) is 5.05. The molecule has 0 saturated carbocycles. The van der Waals surface area contributed by atoms with Gasteiger partial charge in [0.25, 0.3) is 0 Å². The van der Waals surface area contributed by atoms with E-state index >= 15 is 0 Å². The third-order valence-electron chi connectivity index (χ3n) is 2.38. The van der Waals surface area contributed by atoms with Gasteiger partial charge in [-0.25, -0.2) is 0 Å². The third-order valence-corrected chi connectivity index (χ3v) is 3.56. The topological polar surface area (TPSA) is 53.2 Å². The van der Waals surface area contributed by atoms with Gasteiger partial charge in [-0.3, -0.25) is 4.79 Å². The van der Waals surface area contributed by atoms with Crippen molar-refractivity contribution in [1.82, 2.24) is 5.32 Å². The van der Waals surface area contributed by atoms with Crippen LogP contribution in [0.4, 0.5) is 11.4 Å². The fraction of sp³-hybridized carbons (Fsp3) is 0.364. The predicted octanol–water partition coefficient (Wildman–Crippen LogP) is 1.71. The molecule has 0 radical (unpaired) electrons. The average molecular weight is 237 g/mol. The Morgan fingerprint density at radius 1 is 1.50 bits per heavy atom. The molecule has 0 aromatic heterocycles. The van der Waals surface area contributed by atoms with Gasteiger partial charge in [0.15, 0.2) is 0 Å². The van der Waals surface area contributed by atoms with Crippen LogP contribution >= 0.6 is 11.8 Å². The molecule has 0 bridgehead atoms. The molecule has 1 aliphatic rings. The number of carbonyl (C=O) groups is 1. The fourth-order valence-corrected chi connectivity index (χ4v) is 2.44. The van der Waals surface area contributed by atoms with Crippen molar-refractivity contribution >= 4 is 29.0 Å². The number of fused-ring (bicyclic) bond motifs is 1. The highest BCUT2D eigenvalue weighted by atomic mass is 32.2. The molecule has 1 unspecified atom stereocenters. The summed E-state index contributed by atoms with van der Waals surface area (Å²) >= 11 is 1.60. The largest absolute Gasteiger partial charge is 0.372 e. The van der Waals surface area contributed by atoms with E-state index in [9.17, 15) is 4.79 Å². The Balaban J connectivity index is 2.19.